The molecule has 1 aliphatic carbocycles. The van der Waals surface area contributed by atoms with E-state index in [0.717, 1.165) is 42.6 Å². The van der Waals surface area contributed by atoms with Gasteiger partial charge in [-0.1, -0.05) is 11.6 Å². The fourth-order valence-electron chi connectivity index (χ4n) is 2.51. The Bertz CT molecular complexity index is 616. The molecule has 5 heteroatoms. The van der Waals surface area contributed by atoms with Crippen LogP contribution >= 0.6 is 11.6 Å². The Balaban J connectivity index is 2.15. The molecule has 2 heterocycles. The zero-order valence-electron chi connectivity index (χ0n) is 10.4. The summed E-state index contributed by atoms with van der Waals surface area (Å²) in [4.78, 5) is 12.9. The van der Waals surface area contributed by atoms with Crippen LogP contribution in [0.15, 0.2) is 18.5 Å². The lowest BCUT2D eigenvalue weighted by Crippen LogP contribution is -2.08. The highest BCUT2D eigenvalue weighted by atomic mass is 35.5. The smallest absolute Gasteiger partial charge is 0.130 e. The summed E-state index contributed by atoms with van der Waals surface area (Å²) in [6.07, 6.45) is 7.56. The van der Waals surface area contributed by atoms with Crippen molar-refractivity contribution >= 4 is 11.6 Å². The van der Waals surface area contributed by atoms with E-state index in [2.05, 4.69) is 15.0 Å². The van der Waals surface area contributed by atoms with Crippen molar-refractivity contribution in [3.05, 3.63) is 40.6 Å². The molecule has 0 aliphatic heterocycles. The summed E-state index contributed by atoms with van der Waals surface area (Å²) < 4.78 is 0. The van der Waals surface area contributed by atoms with Crippen molar-refractivity contribution in [1.29, 1.82) is 0 Å². The largest absolute Gasteiger partial charge is 0.390 e. The van der Waals surface area contributed by atoms with Gasteiger partial charge >= 0.3 is 0 Å². The van der Waals surface area contributed by atoms with Gasteiger partial charge in [0.25, 0.3) is 0 Å². The Morgan fingerprint density at radius 1 is 1.16 bits per heavy atom. The minimum Gasteiger partial charge on any atom is -0.390 e. The maximum atomic E-state index is 9.16. The van der Waals surface area contributed by atoms with Crippen LogP contribution in [0.2, 0.25) is 5.15 Å². The van der Waals surface area contributed by atoms with Crippen molar-refractivity contribution in [3.63, 3.8) is 0 Å². The van der Waals surface area contributed by atoms with E-state index < -0.39 is 0 Å². The number of halogens is 1. The number of pyridine rings is 1. The number of aliphatic hydroxyl groups is 1. The maximum Gasteiger partial charge on any atom is 0.130 e. The molecule has 0 saturated heterocycles. The number of hydrogen-bond donors (Lipinski definition) is 1. The van der Waals surface area contributed by atoms with Crippen molar-refractivity contribution in [2.75, 3.05) is 0 Å². The molecule has 0 radical (unpaired) electrons. The summed E-state index contributed by atoms with van der Waals surface area (Å²) in [6.45, 7) is -0.109. The summed E-state index contributed by atoms with van der Waals surface area (Å²) in [5, 5.41) is 9.65. The Morgan fingerprint density at radius 3 is 2.84 bits per heavy atom. The molecule has 0 atom stereocenters. The number of fused-ring (bicyclic) bond motifs is 1. The van der Waals surface area contributed by atoms with Crippen LogP contribution in [0, 0.1) is 0 Å². The first-order valence-corrected chi connectivity index (χ1v) is 6.76. The first-order chi connectivity index (χ1) is 9.28. The number of aromatic nitrogens is 3. The van der Waals surface area contributed by atoms with Gasteiger partial charge in [0.05, 0.1) is 30.4 Å². The van der Waals surface area contributed by atoms with Crippen LogP contribution in [-0.2, 0) is 19.4 Å². The van der Waals surface area contributed by atoms with Gasteiger partial charge in [0.2, 0.25) is 0 Å². The molecule has 0 unspecified atom stereocenters. The van der Waals surface area contributed by atoms with Crippen LogP contribution in [0.4, 0.5) is 0 Å². The van der Waals surface area contributed by atoms with Gasteiger partial charge in [-0.3, -0.25) is 4.98 Å². The average molecular weight is 276 g/mol. The Morgan fingerprint density at radius 2 is 2.00 bits per heavy atom. The first kappa shape index (κ1) is 12.5. The van der Waals surface area contributed by atoms with Gasteiger partial charge in [-0.25, -0.2) is 9.97 Å². The second kappa shape index (κ2) is 5.23. The van der Waals surface area contributed by atoms with Gasteiger partial charge in [0.15, 0.2) is 0 Å². The van der Waals surface area contributed by atoms with E-state index in [1.165, 1.54) is 5.56 Å². The SMILES string of the molecule is OCc1cncc(-c2cc(Cl)nc3c2CCCC3)n1. The topological polar surface area (TPSA) is 58.9 Å². The lowest BCUT2D eigenvalue weighted by atomic mass is 9.91. The molecule has 0 aromatic carbocycles. The summed E-state index contributed by atoms with van der Waals surface area (Å²) in [6, 6.07) is 1.84. The monoisotopic (exact) mass is 275 g/mol. The molecule has 2 aromatic rings. The fourth-order valence-corrected chi connectivity index (χ4v) is 2.72. The quantitative estimate of drug-likeness (QED) is 0.856. The summed E-state index contributed by atoms with van der Waals surface area (Å²) >= 11 is 6.10. The number of aliphatic hydroxyl groups excluding tert-OH is 1. The molecule has 4 nitrogen and oxygen atoms in total. The van der Waals surface area contributed by atoms with Gasteiger partial charge in [0, 0.05) is 11.3 Å². The zero-order chi connectivity index (χ0) is 13.2. The summed E-state index contributed by atoms with van der Waals surface area (Å²) in [5.74, 6) is 0. The highest BCUT2D eigenvalue weighted by Crippen LogP contribution is 2.31. The van der Waals surface area contributed by atoms with E-state index in [1.54, 1.807) is 12.4 Å². The first-order valence-electron chi connectivity index (χ1n) is 6.38. The predicted molar refractivity (Wildman–Crippen MR) is 72.8 cm³/mol. The molecule has 19 heavy (non-hydrogen) atoms. The third-order valence-corrected chi connectivity index (χ3v) is 3.59. The van der Waals surface area contributed by atoms with Crippen LogP contribution in [0.25, 0.3) is 11.3 Å². The highest BCUT2D eigenvalue weighted by Gasteiger charge is 2.18. The van der Waals surface area contributed by atoms with Crippen LogP contribution < -0.4 is 0 Å². The van der Waals surface area contributed by atoms with Gasteiger partial charge in [-0.15, -0.1) is 0 Å². The highest BCUT2D eigenvalue weighted by molar-refractivity contribution is 6.29. The lowest BCUT2D eigenvalue weighted by molar-refractivity contribution is 0.276. The second-order valence-electron chi connectivity index (χ2n) is 4.68. The number of aryl methyl sites for hydroxylation is 1. The lowest BCUT2D eigenvalue weighted by Gasteiger charge is -2.18. The van der Waals surface area contributed by atoms with Crippen molar-refractivity contribution < 1.29 is 5.11 Å². The third-order valence-electron chi connectivity index (χ3n) is 3.39. The molecular weight excluding hydrogens is 262 g/mol. The molecule has 3 rings (SSSR count). The Kier molecular flexibility index (Phi) is 3.44. The molecule has 1 N–H and O–H groups in total. The van der Waals surface area contributed by atoms with E-state index in [-0.39, 0.29) is 6.61 Å². The van der Waals surface area contributed by atoms with Crippen molar-refractivity contribution in [3.8, 4) is 11.3 Å². The predicted octanol–water partition coefficient (Wildman–Crippen LogP) is 2.56. The second-order valence-corrected chi connectivity index (χ2v) is 5.07. The van der Waals surface area contributed by atoms with Crippen LogP contribution in [-0.4, -0.2) is 20.1 Å². The van der Waals surface area contributed by atoms with Gasteiger partial charge in [-0.05, 0) is 37.3 Å². The standard InChI is InChI=1S/C14H14ClN3O/c15-14-5-11(10-3-1-2-4-12(10)18-14)13-7-16-6-9(8-19)17-13/h5-7,19H,1-4,8H2. The van der Waals surface area contributed by atoms with Crippen LogP contribution in [0.1, 0.15) is 29.8 Å². The van der Waals surface area contributed by atoms with E-state index in [4.69, 9.17) is 16.7 Å². The summed E-state index contributed by atoms with van der Waals surface area (Å²) in [5.41, 5.74) is 4.62. The third kappa shape index (κ3) is 2.46. The van der Waals surface area contributed by atoms with Crippen molar-refractivity contribution in [1.82, 2.24) is 15.0 Å². The molecule has 1 aliphatic rings. The van der Waals surface area contributed by atoms with E-state index in [0.29, 0.717) is 10.8 Å². The molecule has 0 amide bonds. The fraction of sp³-hybridized carbons (Fsp3) is 0.357. The molecule has 0 spiro atoms. The number of rotatable bonds is 2. The molecule has 0 saturated carbocycles. The van der Waals surface area contributed by atoms with E-state index in [9.17, 15) is 0 Å². The van der Waals surface area contributed by atoms with Gasteiger partial charge < -0.3 is 5.11 Å². The maximum absolute atomic E-state index is 9.16. The molecule has 98 valence electrons. The van der Waals surface area contributed by atoms with Crippen LogP contribution in [0.3, 0.4) is 0 Å². The number of hydrogen-bond acceptors (Lipinski definition) is 4. The van der Waals surface area contributed by atoms with Crippen LogP contribution in [0.5, 0.6) is 0 Å². The summed E-state index contributed by atoms with van der Waals surface area (Å²) in [7, 11) is 0. The normalized spacial score (nSPS) is 14.2. The van der Waals surface area contributed by atoms with Crippen molar-refractivity contribution in [2.24, 2.45) is 0 Å². The minimum absolute atomic E-state index is 0.109. The molecule has 0 fully saturated rings. The minimum atomic E-state index is -0.109. The van der Waals surface area contributed by atoms with Gasteiger partial charge in [0.1, 0.15) is 5.15 Å². The average Bonchev–Trinajstić information content (AvgIpc) is 2.46. The van der Waals surface area contributed by atoms with Gasteiger partial charge in [-0.2, -0.15) is 0 Å². The van der Waals surface area contributed by atoms with Crippen molar-refractivity contribution in [2.45, 2.75) is 32.3 Å². The van der Waals surface area contributed by atoms with E-state index in [1.807, 2.05) is 6.07 Å². The Hall–Kier alpha value is -1.52. The molecular formula is C14H14ClN3O. The Labute approximate surface area is 116 Å². The molecule has 0 bridgehead atoms. The van der Waals surface area contributed by atoms with E-state index >= 15 is 0 Å². The zero-order valence-corrected chi connectivity index (χ0v) is 11.2. The molecule has 2 aromatic heterocycles. The number of nitrogens with zero attached hydrogens (tertiary/aromatic N) is 3.